The van der Waals surface area contributed by atoms with E-state index in [-0.39, 0.29) is 11.3 Å². The molecule has 0 aliphatic rings. The van der Waals surface area contributed by atoms with Gasteiger partial charge in [0, 0.05) is 11.8 Å². The molecule has 5 nitrogen and oxygen atoms in total. The Hall–Kier alpha value is -1.79. The summed E-state index contributed by atoms with van der Waals surface area (Å²) in [4.78, 5) is 12.0. The summed E-state index contributed by atoms with van der Waals surface area (Å²) >= 11 is 1.44. The average Bonchev–Trinajstić information content (AvgIpc) is 3.04. The van der Waals surface area contributed by atoms with Gasteiger partial charge >= 0.3 is 0 Å². The SMILES string of the molecule is CC(C)(c1ccccc1)c1nnc(NC(=O)CCCCCCN)s1. The Labute approximate surface area is 147 Å². The van der Waals surface area contributed by atoms with Crippen molar-refractivity contribution < 1.29 is 4.79 Å². The summed E-state index contributed by atoms with van der Waals surface area (Å²) in [5, 5.41) is 12.7. The van der Waals surface area contributed by atoms with E-state index in [1.165, 1.54) is 16.9 Å². The first-order valence-corrected chi connectivity index (χ1v) is 9.25. The number of anilines is 1. The number of hydrogen-bond donors (Lipinski definition) is 2. The van der Waals surface area contributed by atoms with Crippen LogP contribution in [0.3, 0.4) is 0 Å². The number of nitrogens with one attached hydrogen (secondary N) is 1. The zero-order valence-corrected chi connectivity index (χ0v) is 15.2. The topological polar surface area (TPSA) is 80.9 Å². The first-order valence-electron chi connectivity index (χ1n) is 8.43. The van der Waals surface area contributed by atoms with Gasteiger partial charge in [0.05, 0.1) is 0 Å². The normalized spacial score (nSPS) is 11.5. The van der Waals surface area contributed by atoms with Gasteiger partial charge in [-0.3, -0.25) is 4.79 Å². The molecule has 0 fully saturated rings. The number of benzene rings is 1. The lowest BCUT2D eigenvalue weighted by Crippen LogP contribution is -2.18. The number of rotatable bonds is 9. The van der Waals surface area contributed by atoms with E-state index in [2.05, 4.69) is 41.5 Å². The molecule has 1 aromatic heterocycles. The van der Waals surface area contributed by atoms with Gasteiger partial charge in [-0.15, -0.1) is 10.2 Å². The van der Waals surface area contributed by atoms with Crippen LogP contribution in [0.5, 0.6) is 0 Å². The van der Waals surface area contributed by atoms with Crippen molar-refractivity contribution in [2.24, 2.45) is 5.73 Å². The Bertz CT molecular complexity index is 639. The van der Waals surface area contributed by atoms with Crippen LogP contribution in [0.15, 0.2) is 30.3 Å². The number of carbonyl (C=O) groups excluding carboxylic acids is 1. The first-order chi connectivity index (χ1) is 11.5. The summed E-state index contributed by atoms with van der Waals surface area (Å²) in [5.41, 5.74) is 6.41. The van der Waals surface area contributed by atoms with E-state index in [1.807, 2.05) is 18.2 Å². The van der Waals surface area contributed by atoms with Gasteiger partial charge in [0.2, 0.25) is 11.0 Å². The lowest BCUT2D eigenvalue weighted by Gasteiger charge is -2.21. The van der Waals surface area contributed by atoms with E-state index >= 15 is 0 Å². The van der Waals surface area contributed by atoms with E-state index < -0.39 is 0 Å². The molecule has 0 atom stereocenters. The minimum absolute atomic E-state index is 0.00275. The van der Waals surface area contributed by atoms with Crippen molar-refractivity contribution >= 4 is 22.4 Å². The zero-order valence-electron chi connectivity index (χ0n) is 14.4. The Balaban J connectivity index is 1.90. The molecule has 0 spiro atoms. The van der Waals surface area contributed by atoms with Crippen LogP contribution >= 0.6 is 11.3 Å². The molecule has 1 amide bonds. The number of nitrogens with two attached hydrogens (primary N) is 1. The molecule has 6 heteroatoms. The highest BCUT2D eigenvalue weighted by Gasteiger charge is 2.27. The molecule has 0 unspecified atom stereocenters. The van der Waals surface area contributed by atoms with Crippen LogP contribution in [0, 0.1) is 0 Å². The highest BCUT2D eigenvalue weighted by molar-refractivity contribution is 7.15. The van der Waals surface area contributed by atoms with Crippen LogP contribution in [0.4, 0.5) is 5.13 Å². The van der Waals surface area contributed by atoms with Crippen LogP contribution in [-0.4, -0.2) is 22.6 Å². The van der Waals surface area contributed by atoms with Crippen LogP contribution in [-0.2, 0) is 10.2 Å². The maximum absolute atomic E-state index is 12.0. The van der Waals surface area contributed by atoms with Crippen molar-refractivity contribution in [3.8, 4) is 0 Å². The summed E-state index contributed by atoms with van der Waals surface area (Å²) in [6.07, 6.45) is 4.54. The second-order valence-corrected chi connectivity index (χ2v) is 7.38. The quantitative estimate of drug-likeness (QED) is 0.678. The van der Waals surface area contributed by atoms with Gasteiger partial charge in [-0.1, -0.05) is 54.5 Å². The van der Waals surface area contributed by atoms with Crippen molar-refractivity contribution in [1.82, 2.24) is 10.2 Å². The third kappa shape index (κ3) is 5.11. The monoisotopic (exact) mass is 346 g/mol. The second-order valence-electron chi connectivity index (χ2n) is 6.40. The van der Waals surface area contributed by atoms with Gasteiger partial charge in [-0.25, -0.2) is 0 Å². The molecule has 2 rings (SSSR count). The highest BCUT2D eigenvalue weighted by atomic mass is 32.1. The van der Waals surface area contributed by atoms with Crippen LogP contribution in [0.1, 0.15) is 56.5 Å². The number of hydrogen-bond acceptors (Lipinski definition) is 5. The van der Waals surface area contributed by atoms with E-state index in [9.17, 15) is 4.79 Å². The molecule has 0 bridgehead atoms. The Morgan fingerprint density at radius 3 is 2.54 bits per heavy atom. The predicted octanol–water partition coefficient (Wildman–Crippen LogP) is 3.71. The lowest BCUT2D eigenvalue weighted by molar-refractivity contribution is -0.116. The molecule has 2 aromatic rings. The Kier molecular flexibility index (Phi) is 6.87. The summed E-state index contributed by atoms with van der Waals surface area (Å²) in [5.74, 6) is 0.00275. The largest absolute Gasteiger partial charge is 0.330 e. The number of unbranched alkanes of at least 4 members (excludes halogenated alkanes) is 3. The number of carbonyl (C=O) groups is 1. The van der Waals surface area contributed by atoms with Crippen molar-refractivity contribution in [3.05, 3.63) is 40.9 Å². The van der Waals surface area contributed by atoms with Crippen molar-refractivity contribution in [2.45, 2.75) is 51.4 Å². The van der Waals surface area contributed by atoms with Crippen molar-refractivity contribution in [1.29, 1.82) is 0 Å². The summed E-state index contributed by atoms with van der Waals surface area (Å²) in [7, 11) is 0. The van der Waals surface area contributed by atoms with E-state index in [0.717, 1.165) is 37.2 Å². The molecule has 130 valence electrons. The van der Waals surface area contributed by atoms with E-state index in [1.54, 1.807) is 0 Å². The van der Waals surface area contributed by atoms with Crippen LogP contribution in [0.2, 0.25) is 0 Å². The summed E-state index contributed by atoms with van der Waals surface area (Å²) in [6, 6.07) is 10.2. The number of amides is 1. The maximum Gasteiger partial charge on any atom is 0.226 e. The van der Waals surface area contributed by atoms with Crippen LogP contribution < -0.4 is 11.1 Å². The van der Waals surface area contributed by atoms with Gasteiger partial charge in [-0.2, -0.15) is 0 Å². The molecule has 24 heavy (non-hydrogen) atoms. The van der Waals surface area contributed by atoms with Gasteiger partial charge in [0.15, 0.2) is 0 Å². The average molecular weight is 347 g/mol. The second kappa shape index (κ2) is 8.89. The van der Waals surface area contributed by atoms with E-state index in [0.29, 0.717) is 11.6 Å². The predicted molar refractivity (Wildman–Crippen MR) is 99.2 cm³/mol. The fourth-order valence-corrected chi connectivity index (χ4v) is 3.35. The third-order valence-corrected chi connectivity index (χ3v) is 5.22. The summed E-state index contributed by atoms with van der Waals surface area (Å²) < 4.78 is 0. The molecule has 1 heterocycles. The van der Waals surface area contributed by atoms with Crippen molar-refractivity contribution in [2.75, 3.05) is 11.9 Å². The molecule has 0 aliphatic carbocycles. The lowest BCUT2D eigenvalue weighted by atomic mass is 9.85. The Morgan fingerprint density at radius 2 is 1.83 bits per heavy atom. The van der Waals surface area contributed by atoms with Gasteiger partial charge in [0.1, 0.15) is 5.01 Å². The number of nitrogens with zero attached hydrogens (tertiary/aromatic N) is 2. The molecule has 0 aliphatic heterocycles. The molecule has 0 saturated carbocycles. The molecule has 0 radical (unpaired) electrons. The first kappa shape index (κ1) is 18.5. The molecular formula is C18H26N4OS. The van der Waals surface area contributed by atoms with Gasteiger partial charge in [0.25, 0.3) is 0 Å². The fraction of sp³-hybridized carbons (Fsp3) is 0.500. The maximum atomic E-state index is 12.0. The molecule has 0 saturated heterocycles. The minimum Gasteiger partial charge on any atom is -0.330 e. The molecular weight excluding hydrogens is 320 g/mol. The molecule has 3 N–H and O–H groups in total. The smallest absolute Gasteiger partial charge is 0.226 e. The standard InChI is InChI=1S/C18H26N4OS/c1-18(2,14-10-6-5-7-11-14)16-21-22-17(24-16)20-15(23)12-8-3-4-9-13-19/h5-7,10-11H,3-4,8-9,12-13,19H2,1-2H3,(H,20,22,23). The highest BCUT2D eigenvalue weighted by Crippen LogP contribution is 2.34. The van der Waals surface area contributed by atoms with E-state index in [4.69, 9.17) is 5.73 Å². The van der Waals surface area contributed by atoms with Crippen LogP contribution in [0.25, 0.3) is 0 Å². The van der Waals surface area contributed by atoms with Gasteiger partial charge in [-0.05, 0) is 38.8 Å². The summed E-state index contributed by atoms with van der Waals surface area (Å²) in [6.45, 7) is 4.95. The minimum atomic E-state index is -0.232. The molecule has 1 aromatic carbocycles. The number of aromatic nitrogens is 2. The fourth-order valence-electron chi connectivity index (χ4n) is 2.47. The van der Waals surface area contributed by atoms with Crippen molar-refractivity contribution in [3.63, 3.8) is 0 Å². The van der Waals surface area contributed by atoms with Gasteiger partial charge < -0.3 is 11.1 Å². The zero-order chi connectivity index (χ0) is 17.4. The Morgan fingerprint density at radius 1 is 1.12 bits per heavy atom. The third-order valence-electron chi connectivity index (χ3n) is 4.06.